The van der Waals surface area contributed by atoms with Crippen molar-refractivity contribution in [1.82, 2.24) is 4.31 Å². The molecule has 1 fully saturated rings. The summed E-state index contributed by atoms with van der Waals surface area (Å²) in [6.07, 6.45) is 0.748. The van der Waals surface area contributed by atoms with Crippen LogP contribution < -0.4 is 13.8 Å². The molecule has 2 aliphatic rings. The average molecular weight is 597 g/mol. The van der Waals surface area contributed by atoms with E-state index in [9.17, 15) is 30.0 Å². The van der Waals surface area contributed by atoms with Crippen molar-refractivity contribution < 1.29 is 39.5 Å². The quantitative estimate of drug-likeness (QED) is 0.379. The lowest BCUT2D eigenvalue weighted by Gasteiger charge is -2.36. The Balaban J connectivity index is 1.54. The average Bonchev–Trinajstić information content (AvgIpc) is 3.49. The Kier molecular flexibility index (Phi) is 7.73. The molecule has 0 bridgehead atoms. The Labute approximate surface area is 231 Å². The van der Waals surface area contributed by atoms with Crippen LogP contribution in [0.15, 0.2) is 59.5 Å². The van der Waals surface area contributed by atoms with Crippen molar-refractivity contribution in [3.05, 3.63) is 72.0 Å². The minimum Gasteiger partial charge on any atom is -0.494 e. The maximum atomic E-state index is 14.6. The molecule has 214 valence electrons. The van der Waals surface area contributed by atoms with E-state index in [0.29, 0.717) is 13.1 Å². The highest BCUT2D eigenvalue weighted by atomic mass is 32.2. The van der Waals surface area contributed by atoms with Crippen LogP contribution in [0.2, 0.25) is 0 Å². The highest BCUT2D eigenvalue weighted by Crippen LogP contribution is 2.41. The van der Waals surface area contributed by atoms with Crippen molar-refractivity contribution >= 4 is 25.7 Å². The number of anilines is 1. The molecule has 0 radical (unpaired) electrons. The second kappa shape index (κ2) is 10.9. The molecule has 2 heterocycles. The van der Waals surface area contributed by atoms with Crippen molar-refractivity contribution in [3.63, 3.8) is 0 Å². The maximum absolute atomic E-state index is 14.6. The van der Waals surface area contributed by atoms with Gasteiger partial charge in [0.25, 0.3) is 10.0 Å². The van der Waals surface area contributed by atoms with Crippen molar-refractivity contribution in [2.24, 2.45) is 0 Å². The van der Waals surface area contributed by atoms with E-state index < -0.39 is 43.6 Å². The third-order valence-electron chi connectivity index (χ3n) is 7.00. The van der Waals surface area contributed by atoms with Gasteiger partial charge >= 0.3 is 0 Å². The second-order valence-electron chi connectivity index (χ2n) is 9.59. The topological polar surface area (TPSA) is 93.2 Å². The monoisotopic (exact) mass is 596 g/mol. The Bertz CT molecular complexity index is 1640. The van der Waals surface area contributed by atoms with Crippen LogP contribution in [0.5, 0.6) is 11.5 Å². The lowest BCUT2D eigenvalue weighted by Crippen LogP contribution is -2.44. The summed E-state index contributed by atoms with van der Waals surface area (Å²) in [4.78, 5) is -0.274. The van der Waals surface area contributed by atoms with E-state index in [1.165, 1.54) is 29.6 Å². The van der Waals surface area contributed by atoms with Gasteiger partial charge in [-0.05, 0) is 60.9 Å². The van der Waals surface area contributed by atoms with E-state index in [-0.39, 0.29) is 51.9 Å². The zero-order valence-electron chi connectivity index (χ0n) is 21.5. The van der Waals surface area contributed by atoms with Gasteiger partial charge in [-0.15, -0.1) is 0 Å². The molecule has 3 aromatic rings. The third kappa shape index (κ3) is 5.50. The molecule has 2 aliphatic heterocycles. The molecule has 0 aliphatic carbocycles. The van der Waals surface area contributed by atoms with Crippen LogP contribution in [0.4, 0.5) is 18.9 Å². The number of sulfonamides is 2. The second-order valence-corrected chi connectivity index (χ2v) is 13.5. The number of fused-ring (bicyclic) bond motifs is 1. The van der Waals surface area contributed by atoms with Gasteiger partial charge in [-0.25, -0.2) is 34.3 Å². The molecule has 3 aromatic carbocycles. The highest BCUT2D eigenvalue weighted by Gasteiger charge is 2.37. The number of benzene rings is 3. The molecular formula is C27H27F3N2O6S2. The minimum absolute atomic E-state index is 0.0112. The first kappa shape index (κ1) is 28.2. The fourth-order valence-corrected chi connectivity index (χ4v) is 8.03. The van der Waals surface area contributed by atoms with E-state index >= 15 is 0 Å². The van der Waals surface area contributed by atoms with Crippen LogP contribution in [0.25, 0.3) is 11.1 Å². The summed E-state index contributed by atoms with van der Waals surface area (Å²) in [5, 5.41) is 0. The Hall–Kier alpha value is -3.29. The molecule has 0 N–H and O–H groups in total. The first-order valence-electron chi connectivity index (χ1n) is 12.6. The Morgan fingerprint density at radius 2 is 1.65 bits per heavy atom. The number of halogens is 3. The summed E-state index contributed by atoms with van der Waals surface area (Å²) >= 11 is 0. The molecule has 0 unspecified atom stereocenters. The van der Waals surface area contributed by atoms with Gasteiger partial charge < -0.3 is 9.47 Å². The Morgan fingerprint density at radius 3 is 2.38 bits per heavy atom. The van der Waals surface area contributed by atoms with Crippen LogP contribution in [0.1, 0.15) is 19.3 Å². The smallest absolute Gasteiger partial charge is 0.264 e. The van der Waals surface area contributed by atoms with Crippen molar-refractivity contribution in [3.8, 4) is 22.6 Å². The number of rotatable bonds is 8. The van der Waals surface area contributed by atoms with Crippen LogP contribution in [-0.2, 0) is 20.0 Å². The summed E-state index contributed by atoms with van der Waals surface area (Å²) in [6.45, 7) is 0.631. The SMILES string of the molecule is COc1cc(S(=O)(=O)N2C[C@H](CCS(=O)(=O)N3CCCC3)Oc3ccc(-c4cc(F)ccc4F)cc32)ccc1F. The first-order chi connectivity index (χ1) is 19.0. The Morgan fingerprint density at radius 1 is 0.925 bits per heavy atom. The molecule has 0 spiro atoms. The van der Waals surface area contributed by atoms with Gasteiger partial charge in [0.05, 0.1) is 30.0 Å². The number of hydrogen-bond donors (Lipinski definition) is 0. The number of hydrogen-bond acceptors (Lipinski definition) is 6. The number of nitrogens with zero attached hydrogens (tertiary/aromatic N) is 2. The van der Waals surface area contributed by atoms with Crippen molar-refractivity contribution in [2.75, 3.05) is 36.8 Å². The predicted octanol–water partition coefficient (Wildman–Crippen LogP) is 4.55. The van der Waals surface area contributed by atoms with Crippen LogP contribution in [0.3, 0.4) is 0 Å². The molecule has 8 nitrogen and oxygen atoms in total. The van der Waals surface area contributed by atoms with Crippen molar-refractivity contribution in [2.45, 2.75) is 30.3 Å². The third-order valence-corrected chi connectivity index (χ3v) is 10.7. The van der Waals surface area contributed by atoms with Crippen LogP contribution in [-0.4, -0.2) is 59.7 Å². The summed E-state index contributed by atoms with van der Waals surface area (Å²) < 4.78 is 109. The largest absolute Gasteiger partial charge is 0.494 e. The highest BCUT2D eigenvalue weighted by molar-refractivity contribution is 7.92. The molecule has 1 atom stereocenters. The predicted molar refractivity (Wildman–Crippen MR) is 143 cm³/mol. The van der Waals surface area contributed by atoms with Gasteiger partial charge in [0.1, 0.15) is 23.5 Å². The van der Waals surface area contributed by atoms with Crippen molar-refractivity contribution in [1.29, 1.82) is 0 Å². The first-order valence-corrected chi connectivity index (χ1v) is 15.6. The number of ether oxygens (including phenoxy) is 2. The minimum atomic E-state index is -4.37. The molecule has 5 rings (SSSR count). The summed E-state index contributed by atoms with van der Waals surface area (Å²) in [7, 11) is -6.72. The van der Waals surface area contributed by atoms with Crippen LogP contribution >= 0.6 is 0 Å². The van der Waals surface area contributed by atoms with E-state index in [4.69, 9.17) is 9.47 Å². The van der Waals surface area contributed by atoms with E-state index in [1.54, 1.807) is 0 Å². The number of methoxy groups -OCH3 is 1. The lowest BCUT2D eigenvalue weighted by molar-refractivity contribution is 0.196. The summed E-state index contributed by atoms with van der Waals surface area (Å²) in [5.74, 6) is -2.53. The van der Waals surface area contributed by atoms with Gasteiger partial charge in [0.15, 0.2) is 11.6 Å². The molecule has 13 heteroatoms. The van der Waals surface area contributed by atoms with Gasteiger partial charge in [0.2, 0.25) is 10.0 Å². The van der Waals surface area contributed by atoms with Gasteiger partial charge in [-0.1, -0.05) is 6.07 Å². The van der Waals surface area contributed by atoms with E-state index in [2.05, 4.69) is 0 Å². The maximum Gasteiger partial charge on any atom is 0.264 e. The normalized spacial score (nSPS) is 17.9. The fourth-order valence-electron chi connectivity index (χ4n) is 4.88. The van der Waals surface area contributed by atoms with E-state index in [0.717, 1.165) is 53.5 Å². The molecule has 1 saturated heterocycles. The molecule has 0 amide bonds. The molecule has 0 aromatic heterocycles. The van der Waals surface area contributed by atoms with Crippen LogP contribution in [0, 0.1) is 17.5 Å². The molecular weight excluding hydrogens is 569 g/mol. The summed E-state index contributed by atoms with van der Waals surface area (Å²) in [6, 6.07) is 10.3. The zero-order valence-corrected chi connectivity index (χ0v) is 23.2. The standard InChI is InChI=1S/C27H27F3N2O6S2/c1-37-27-16-21(6-8-24(27)30)40(35,36)32-17-20(10-13-39(33,34)31-11-2-3-12-31)38-26-9-4-18(14-25(26)32)22-15-19(28)5-7-23(22)29/h4-9,14-16,20H,2-3,10-13,17H2,1H3/t20-/m0/s1. The zero-order chi connectivity index (χ0) is 28.7. The van der Waals surface area contributed by atoms with Gasteiger partial charge in [-0.2, -0.15) is 0 Å². The fraction of sp³-hybridized carbons (Fsp3) is 0.333. The summed E-state index contributed by atoms with van der Waals surface area (Å²) in [5.41, 5.74) is 0.164. The van der Waals surface area contributed by atoms with Gasteiger partial charge in [0, 0.05) is 31.1 Å². The van der Waals surface area contributed by atoms with E-state index in [1.807, 2.05) is 0 Å². The molecule has 0 saturated carbocycles. The van der Waals surface area contributed by atoms with Gasteiger partial charge in [-0.3, -0.25) is 4.31 Å². The molecule has 40 heavy (non-hydrogen) atoms. The lowest BCUT2D eigenvalue weighted by atomic mass is 10.0.